The lowest BCUT2D eigenvalue weighted by atomic mass is 10.0. The van der Waals surface area contributed by atoms with Gasteiger partial charge >= 0.3 is 6.09 Å². The monoisotopic (exact) mass is 450 g/mol. The van der Waals surface area contributed by atoms with Crippen molar-refractivity contribution in [2.45, 2.75) is 51.9 Å². The number of alkyl carbamates (subject to hydrolysis) is 1. The fourth-order valence-electron chi connectivity index (χ4n) is 3.82. The van der Waals surface area contributed by atoms with Crippen molar-refractivity contribution in [2.24, 2.45) is 0 Å². The molecule has 1 saturated heterocycles. The second-order valence-electron chi connectivity index (χ2n) is 9.23. The van der Waals surface area contributed by atoms with Crippen LogP contribution in [0.15, 0.2) is 54.9 Å². The molecule has 0 atom stereocenters. The molecule has 1 aliphatic rings. The quantitative estimate of drug-likeness (QED) is 0.634. The summed E-state index contributed by atoms with van der Waals surface area (Å²) in [5.74, 6) is 0.586. The predicted molar refractivity (Wildman–Crippen MR) is 124 cm³/mol. The second-order valence-corrected chi connectivity index (χ2v) is 9.23. The van der Waals surface area contributed by atoms with Gasteiger partial charge in [0.1, 0.15) is 23.6 Å². The van der Waals surface area contributed by atoms with E-state index in [0.29, 0.717) is 43.9 Å². The average Bonchev–Trinajstić information content (AvgIpc) is 3.20. The van der Waals surface area contributed by atoms with Gasteiger partial charge in [-0.3, -0.25) is 4.79 Å². The average molecular weight is 451 g/mol. The maximum Gasteiger partial charge on any atom is 0.407 e. The van der Waals surface area contributed by atoms with Crippen molar-refractivity contribution in [3.8, 4) is 5.75 Å². The van der Waals surface area contributed by atoms with Crippen LogP contribution in [0.4, 0.5) is 4.79 Å². The van der Waals surface area contributed by atoms with E-state index in [9.17, 15) is 9.59 Å². The zero-order valence-electron chi connectivity index (χ0n) is 19.3. The Morgan fingerprint density at radius 3 is 2.64 bits per heavy atom. The molecule has 3 aromatic rings. The van der Waals surface area contributed by atoms with Gasteiger partial charge in [-0.15, -0.1) is 0 Å². The van der Waals surface area contributed by atoms with Crippen LogP contribution in [0.2, 0.25) is 0 Å². The van der Waals surface area contributed by atoms with Gasteiger partial charge in [0.2, 0.25) is 0 Å². The third kappa shape index (κ3) is 6.03. The van der Waals surface area contributed by atoms with Crippen molar-refractivity contribution in [3.05, 3.63) is 66.1 Å². The standard InChI is InChI=1S/C25H30N4O4/c1-25(2,3)33-24(31)27-19-10-13-28(14-11-19)23(30)18-7-6-8-21(15-18)32-17-20-16-29-12-5-4-9-22(29)26-20/h4-9,12,15-16,19H,10-11,13-14,17H2,1-3H3,(H,27,31). The first-order valence-electron chi connectivity index (χ1n) is 11.2. The van der Waals surface area contributed by atoms with E-state index in [1.807, 2.05) is 72.8 Å². The topological polar surface area (TPSA) is 85.2 Å². The fourth-order valence-corrected chi connectivity index (χ4v) is 3.82. The first kappa shape index (κ1) is 22.6. The van der Waals surface area contributed by atoms with Gasteiger partial charge in [-0.25, -0.2) is 9.78 Å². The molecule has 0 spiro atoms. The van der Waals surface area contributed by atoms with Crippen molar-refractivity contribution in [2.75, 3.05) is 13.1 Å². The molecule has 8 nitrogen and oxygen atoms in total. The number of amides is 2. The van der Waals surface area contributed by atoms with E-state index in [1.165, 1.54) is 0 Å². The summed E-state index contributed by atoms with van der Waals surface area (Å²) in [6.07, 6.45) is 4.84. The first-order valence-corrected chi connectivity index (χ1v) is 11.2. The molecule has 3 heterocycles. The van der Waals surface area contributed by atoms with Crippen molar-refractivity contribution >= 4 is 17.6 Å². The molecular weight excluding hydrogens is 420 g/mol. The molecule has 0 bridgehead atoms. The number of pyridine rings is 1. The van der Waals surface area contributed by atoms with Gasteiger partial charge in [0.15, 0.2) is 0 Å². The minimum atomic E-state index is -0.529. The van der Waals surface area contributed by atoms with Crippen LogP contribution in [-0.4, -0.2) is 51.0 Å². The van der Waals surface area contributed by atoms with Crippen LogP contribution >= 0.6 is 0 Å². The molecule has 0 saturated carbocycles. The van der Waals surface area contributed by atoms with Gasteiger partial charge in [-0.05, 0) is 63.9 Å². The molecule has 4 rings (SSSR count). The van der Waals surface area contributed by atoms with Gasteiger partial charge in [0.25, 0.3) is 5.91 Å². The number of hydrogen-bond acceptors (Lipinski definition) is 5. The summed E-state index contributed by atoms with van der Waals surface area (Å²) in [6, 6.07) is 13.1. The minimum Gasteiger partial charge on any atom is -0.487 e. The van der Waals surface area contributed by atoms with E-state index in [0.717, 1.165) is 11.3 Å². The van der Waals surface area contributed by atoms with E-state index in [1.54, 1.807) is 12.1 Å². The Kier molecular flexibility index (Phi) is 6.53. The number of ether oxygens (including phenoxy) is 2. The smallest absolute Gasteiger partial charge is 0.407 e. The Morgan fingerprint density at radius 2 is 1.91 bits per heavy atom. The summed E-state index contributed by atoms with van der Waals surface area (Å²) in [5.41, 5.74) is 1.74. The van der Waals surface area contributed by atoms with E-state index in [2.05, 4.69) is 10.3 Å². The Hall–Kier alpha value is -3.55. The maximum atomic E-state index is 13.0. The number of hydrogen-bond donors (Lipinski definition) is 1. The summed E-state index contributed by atoms with van der Waals surface area (Å²) in [6.45, 7) is 6.98. The second kappa shape index (κ2) is 9.52. The number of nitrogens with one attached hydrogen (secondary N) is 1. The molecule has 2 amide bonds. The number of benzene rings is 1. The maximum absolute atomic E-state index is 13.0. The van der Waals surface area contributed by atoms with Crippen LogP contribution < -0.4 is 10.1 Å². The highest BCUT2D eigenvalue weighted by molar-refractivity contribution is 5.94. The minimum absolute atomic E-state index is 0.00370. The zero-order chi connectivity index (χ0) is 23.4. The number of carbonyl (C=O) groups is 2. The number of rotatable bonds is 5. The SMILES string of the molecule is CC(C)(C)OC(=O)NC1CCN(C(=O)c2cccc(OCc3cn4ccccc4n3)c2)CC1. The Bertz CT molecular complexity index is 1090. The molecule has 33 heavy (non-hydrogen) atoms. The number of likely N-dealkylation sites (tertiary alicyclic amines) is 1. The van der Waals surface area contributed by atoms with Crippen molar-refractivity contribution in [3.63, 3.8) is 0 Å². The van der Waals surface area contributed by atoms with Crippen molar-refractivity contribution in [1.29, 1.82) is 0 Å². The molecule has 0 unspecified atom stereocenters. The summed E-state index contributed by atoms with van der Waals surface area (Å²) in [7, 11) is 0. The summed E-state index contributed by atoms with van der Waals surface area (Å²) in [4.78, 5) is 31.3. The molecule has 1 aromatic carbocycles. The third-order valence-electron chi connectivity index (χ3n) is 5.38. The number of aromatic nitrogens is 2. The number of carbonyl (C=O) groups excluding carboxylic acids is 2. The Balaban J connectivity index is 1.30. The largest absolute Gasteiger partial charge is 0.487 e. The van der Waals surface area contributed by atoms with Crippen LogP contribution in [0.3, 0.4) is 0 Å². The molecule has 1 N–H and O–H groups in total. The molecule has 8 heteroatoms. The highest BCUT2D eigenvalue weighted by Gasteiger charge is 2.26. The Morgan fingerprint density at radius 1 is 1.12 bits per heavy atom. The summed E-state index contributed by atoms with van der Waals surface area (Å²) in [5, 5.41) is 2.90. The van der Waals surface area contributed by atoms with Crippen LogP contribution in [0, 0.1) is 0 Å². The molecule has 174 valence electrons. The Labute approximate surface area is 193 Å². The molecule has 2 aromatic heterocycles. The van der Waals surface area contributed by atoms with E-state index >= 15 is 0 Å². The third-order valence-corrected chi connectivity index (χ3v) is 5.38. The number of piperidine rings is 1. The van der Waals surface area contributed by atoms with Crippen LogP contribution in [0.5, 0.6) is 5.75 Å². The molecule has 1 aliphatic heterocycles. The van der Waals surface area contributed by atoms with Gasteiger partial charge in [-0.1, -0.05) is 12.1 Å². The normalized spacial score (nSPS) is 14.8. The predicted octanol–water partition coefficient (Wildman–Crippen LogP) is 4.04. The van der Waals surface area contributed by atoms with E-state index in [4.69, 9.17) is 9.47 Å². The van der Waals surface area contributed by atoms with Crippen LogP contribution in [-0.2, 0) is 11.3 Å². The lowest BCUT2D eigenvalue weighted by Crippen LogP contribution is -2.47. The number of imidazole rings is 1. The zero-order valence-corrected chi connectivity index (χ0v) is 19.3. The van der Waals surface area contributed by atoms with Crippen LogP contribution in [0.25, 0.3) is 5.65 Å². The first-order chi connectivity index (χ1) is 15.8. The highest BCUT2D eigenvalue weighted by Crippen LogP contribution is 2.19. The summed E-state index contributed by atoms with van der Waals surface area (Å²) >= 11 is 0. The number of nitrogens with zero attached hydrogens (tertiary/aromatic N) is 3. The van der Waals surface area contributed by atoms with Gasteiger partial charge < -0.3 is 24.1 Å². The lowest BCUT2D eigenvalue weighted by Gasteiger charge is -2.33. The van der Waals surface area contributed by atoms with Gasteiger partial charge in [0.05, 0.1) is 5.69 Å². The molecule has 1 fully saturated rings. The molecular formula is C25H30N4O4. The van der Waals surface area contributed by atoms with E-state index in [-0.39, 0.29) is 11.9 Å². The molecule has 0 aliphatic carbocycles. The van der Waals surface area contributed by atoms with Crippen molar-refractivity contribution < 1.29 is 19.1 Å². The number of fused-ring (bicyclic) bond motifs is 1. The molecule has 0 radical (unpaired) electrons. The van der Waals surface area contributed by atoms with E-state index < -0.39 is 11.7 Å². The van der Waals surface area contributed by atoms with Gasteiger partial charge in [-0.2, -0.15) is 0 Å². The highest BCUT2D eigenvalue weighted by atomic mass is 16.6. The van der Waals surface area contributed by atoms with Gasteiger partial charge in [0, 0.05) is 37.1 Å². The fraction of sp³-hybridized carbons (Fsp3) is 0.400. The van der Waals surface area contributed by atoms with Crippen molar-refractivity contribution in [1.82, 2.24) is 19.6 Å². The van der Waals surface area contributed by atoms with Crippen LogP contribution in [0.1, 0.15) is 49.7 Å². The lowest BCUT2D eigenvalue weighted by molar-refractivity contribution is 0.0473. The summed E-state index contributed by atoms with van der Waals surface area (Å²) < 4.78 is 13.2.